The lowest BCUT2D eigenvalue weighted by atomic mass is 10.2. The van der Waals surface area contributed by atoms with Crippen molar-refractivity contribution in [2.75, 3.05) is 18.6 Å². The summed E-state index contributed by atoms with van der Waals surface area (Å²) in [6.45, 7) is 3.00. The molecule has 0 saturated carbocycles. The number of carboxylic acids is 1. The van der Waals surface area contributed by atoms with Gasteiger partial charge < -0.3 is 9.84 Å². The second-order valence-electron chi connectivity index (χ2n) is 3.36. The molecule has 0 aliphatic rings. The first kappa shape index (κ1) is 13.4. The maximum atomic E-state index is 11.4. The van der Waals surface area contributed by atoms with Gasteiger partial charge in [-0.2, -0.15) is 0 Å². The van der Waals surface area contributed by atoms with Crippen LogP contribution >= 0.6 is 0 Å². The minimum Gasteiger partial charge on any atom is -0.481 e. The SMILES string of the molecule is COC(C)CS(=O)(=O)CC(C)C(=O)O. The summed E-state index contributed by atoms with van der Waals surface area (Å²) in [7, 11) is -1.93. The maximum absolute atomic E-state index is 11.4. The summed E-state index contributed by atoms with van der Waals surface area (Å²) in [6, 6.07) is 0. The predicted octanol–water partition coefficient (Wildman–Crippen LogP) is 0.157. The van der Waals surface area contributed by atoms with Gasteiger partial charge in [0.05, 0.1) is 23.5 Å². The molecule has 0 spiro atoms. The van der Waals surface area contributed by atoms with Gasteiger partial charge >= 0.3 is 5.97 Å². The number of hydrogen-bond donors (Lipinski definition) is 1. The monoisotopic (exact) mass is 224 g/mol. The summed E-state index contributed by atoms with van der Waals surface area (Å²) >= 11 is 0. The fraction of sp³-hybridized carbons (Fsp3) is 0.875. The normalized spacial score (nSPS) is 16.2. The van der Waals surface area contributed by atoms with E-state index in [0.29, 0.717) is 0 Å². The Kier molecular flexibility index (Phi) is 5.07. The average Bonchev–Trinajstić information content (AvgIpc) is 2.02. The zero-order valence-electron chi connectivity index (χ0n) is 8.56. The van der Waals surface area contributed by atoms with E-state index in [4.69, 9.17) is 9.84 Å². The maximum Gasteiger partial charge on any atom is 0.307 e. The number of ether oxygens (including phenoxy) is 1. The van der Waals surface area contributed by atoms with Crippen molar-refractivity contribution in [2.24, 2.45) is 5.92 Å². The van der Waals surface area contributed by atoms with E-state index in [1.165, 1.54) is 14.0 Å². The van der Waals surface area contributed by atoms with Crippen molar-refractivity contribution in [2.45, 2.75) is 20.0 Å². The molecule has 2 atom stereocenters. The molecule has 14 heavy (non-hydrogen) atoms. The highest BCUT2D eigenvalue weighted by Gasteiger charge is 2.22. The van der Waals surface area contributed by atoms with E-state index in [9.17, 15) is 13.2 Å². The van der Waals surface area contributed by atoms with E-state index in [1.807, 2.05) is 0 Å². The highest BCUT2D eigenvalue weighted by atomic mass is 32.2. The van der Waals surface area contributed by atoms with E-state index >= 15 is 0 Å². The first-order valence-electron chi connectivity index (χ1n) is 4.24. The first-order valence-corrected chi connectivity index (χ1v) is 6.06. The highest BCUT2D eigenvalue weighted by Crippen LogP contribution is 2.05. The molecule has 0 aliphatic carbocycles. The van der Waals surface area contributed by atoms with Crippen molar-refractivity contribution in [3.8, 4) is 0 Å². The molecule has 0 rings (SSSR count). The summed E-state index contributed by atoms with van der Waals surface area (Å²) in [5.41, 5.74) is 0. The highest BCUT2D eigenvalue weighted by molar-refractivity contribution is 7.91. The molecule has 0 aromatic rings. The van der Waals surface area contributed by atoms with Crippen LogP contribution in [0.15, 0.2) is 0 Å². The fourth-order valence-corrected chi connectivity index (χ4v) is 2.84. The predicted molar refractivity (Wildman–Crippen MR) is 51.9 cm³/mol. The molecule has 0 aromatic heterocycles. The quantitative estimate of drug-likeness (QED) is 0.695. The van der Waals surface area contributed by atoms with Crippen LogP contribution in [0.5, 0.6) is 0 Å². The van der Waals surface area contributed by atoms with Crippen molar-refractivity contribution in [3.63, 3.8) is 0 Å². The minimum absolute atomic E-state index is 0.138. The molecule has 0 bridgehead atoms. The van der Waals surface area contributed by atoms with E-state index in [0.717, 1.165) is 0 Å². The molecular weight excluding hydrogens is 208 g/mol. The number of hydrogen-bond acceptors (Lipinski definition) is 4. The van der Waals surface area contributed by atoms with E-state index < -0.39 is 27.8 Å². The Hall–Kier alpha value is -0.620. The number of sulfone groups is 1. The Balaban J connectivity index is 4.28. The largest absolute Gasteiger partial charge is 0.481 e. The zero-order valence-corrected chi connectivity index (χ0v) is 9.37. The topological polar surface area (TPSA) is 80.7 Å². The van der Waals surface area contributed by atoms with Crippen LogP contribution in [-0.2, 0) is 19.4 Å². The minimum atomic E-state index is -3.34. The summed E-state index contributed by atoms with van der Waals surface area (Å²) in [5.74, 6) is -2.44. The molecule has 0 fully saturated rings. The smallest absolute Gasteiger partial charge is 0.307 e. The summed E-state index contributed by atoms with van der Waals surface area (Å²) in [6.07, 6.45) is -0.402. The number of carboxylic acid groups (broad SMARTS) is 1. The van der Waals surface area contributed by atoms with Crippen molar-refractivity contribution in [3.05, 3.63) is 0 Å². The van der Waals surface area contributed by atoms with Crippen LogP contribution in [0.2, 0.25) is 0 Å². The number of aliphatic carboxylic acids is 1. The Morgan fingerprint density at radius 3 is 2.21 bits per heavy atom. The van der Waals surface area contributed by atoms with Crippen LogP contribution in [0, 0.1) is 5.92 Å². The Morgan fingerprint density at radius 2 is 1.86 bits per heavy atom. The van der Waals surface area contributed by atoms with Crippen LogP contribution in [0.4, 0.5) is 0 Å². The first-order chi connectivity index (χ1) is 6.28. The van der Waals surface area contributed by atoms with Gasteiger partial charge in [-0.05, 0) is 6.92 Å². The molecular formula is C8H16O5S. The third-order valence-electron chi connectivity index (χ3n) is 1.82. The van der Waals surface area contributed by atoms with Crippen molar-refractivity contribution >= 4 is 15.8 Å². The molecule has 2 unspecified atom stereocenters. The van der Waals surface area contributed by atoms with Crippen molar-refractivity contribution < 1.29 is 23.1 Å². The molecule has 1 N–H and O–H groups in total. The van der Waals surface area contributed by atoms with Crippen molar-refractivity contribution in [1.29, 1.82) is 0 Å². The molecule has 0 aliphatic heterocycles. The number of carbonyl (C=O) groups is 1. The molecule has 0 saturated heterocycles. The van der Waals surface area contributed by atoms with Crippen LogP contribution in [-0.4, -0.2) is 44.2 Å². The molecule has 6 heteroatoms. The van der Waals surface area contributed by atoms with Gasteiger partial charge in [0, 0.05) is 7.11 Å². The van der Waals surface area contributed by atoms with Gasteiger partial charge in [0.2, 0.25) is 0 Å². The molecule has 84 valence electrons. The Bertz CT molecular complexity index is 282. The lowest BCUT2D eigenvalue weighted by Crippen LogP contribution is -2.27. The van der Waals surface area contributed by atoms with Crippen LogP contribution < -0.4 is 0 Å². The van der Waals surface area contributed by atoms with Gasteiger partial charge in [-0.3, -0.25) is 4.79 Å². The zero-order chi connectivity index (χ0) is 11.4. The lowest BCUT2D eigenvalue weighted by Gasteiger charge is -2.11. The van der Waals surface area contributed by atoms with Crippen LogP contribution in [0.25, 0.3) is 0 Å². The second-order valence-corrected chi connectivity index (χ2v) is 5.52. The standard InChI is InChI=1S/C8H16O5S/c1-6(8(9)10)4-14(11,12)5-7(2)13-3/h6-7H,4-5H2,1-3H3,(H,9,10). The number of rotatable bonds is 6. The van der Waals surface area contributed by atoms with Crippen LogP contribution in [0.3, 0.4) is 0 Å². The Labute approximate surface area is 84.0 Å². The van der Waals surface area contributed by atoms with Gasteiger partial charge in [-0.15, -0.1) is 0 Å². The van der Waals surface area contributed by atoms with E-state index in [1.54, 1.807) is 6.92 Å². The van der Waals surface area contributed by atoms with Gasteiger partial charge in [0.25, 0.3) is 0 Å². The summed E-state index contributed by atoms with van der Waals surface area (Å²) < 4.78 is 27.5. The van der Waals surface area contributed by atoms with Gasteiger partial charge in [-0.25, -0.2) is 8.42 Å². The lowest BCUT2D eigenvalue weighted by molar-refractivity contribution is -0.140. The van der Waals surface area contributed by atoms with E-state index in [2.05, 4.69) is 0 Å². The number of methoxy groups -OCH3 is 1. The van der Waals surface area contributed by atoms with Gasteiger partial charge in [0.1, 0.15) is 0 Å². The fourth-order valence-electron chi connectivity index (χ4n) is 0.946. The average molecular weight is 224 g/mol. The van der Waals surface area contributed by atoms with E-state index in [-0.39, 0.29) is 11.5 Å². The third-order valence-corrected chi connectivity index (χ3v) is 3.80. The van der Waals surface area contributed by atoms with Gasteiger partial charge in [0.15, 0.2) is 9.84 Å². The summed E-state index contributed by atoms with van der Waals surface area (Å²) in [4.78, 5) is 10.4. The molecule has 0 radical (unpaired) electrons. The van der Waals surface area contributed by atoms with Crippen molar-refractivity contribution in [1.82, 2.24) is 0 Å². The van der Waals surface area contributed by atoms with Gasteiger partial charge in [-0.1, -0.05) is 6.92 Å². The second kappa shape index (κ2) is 5.31. The third kappa shape index (κ3) is 5.18. The van der Waals surface area contributed by atoms with Crippen LogP contribution in [0.1, 0.15) is 13.8 Å². The molecule has 0 amide bonds. The summed E-state index contributed by atoms with van der Waals surface area (Å²) in [5, 5.41) is 8.54. The molecule has 0 aromatic carbocycles. The molecule has 5 nitrogen and oxygen atoms in total. The Morgan fingerprint density at radius 1 is 1.36 bits per heavy atom. The molecule has 0 heterocycles.